The molecule has 0 aliphatic rings. The molecule has 0 fully saturated rings. The van der Waals surface area contributed by atoms with Gasteiger partial charge in [-0.3, -0.25) is 9.59 Å². The highest BCUT2D eigenvalue weighted by Gasteiger charge is 2.14. The first-order chi connectivity index (χ1) is 12.9. The number of fused-ring (bicyclic) bond motifs is 1. The van der Waals surface area contributed by atoms with Gasteiger partial charge in [0.15, 0.2) is 0 Å². The Kier molecular flexibility index (Phi) is 5.54. The molecule has 6 nitrogen and oxygen atoms in total. The average Bonchev–Trinajstić information content (AvgIpc) is 2.91. The number of aromatic nitrogens is 2. The lowest BCUT2D eigenvalue weighted by Gasteiger charge is -2.11. The van der Waals surface area contributed by atoms with E-state index in [9.17, 15) is 9.59 Å². The van der Waals surface area contributed by atoms with Gasteiger partial charge in [-0.15, -0.1) is 0 Å². The first kappa shape index (κ1) is 18.6. The Hall–Kier alpha value is -3.15. The Balaban J connectivity index is 1.81. The fourth-order valence-electron chi connectivity index (χ4n) is 3.23. The van der Waals surface area contributed by atoms with Gasteiger partial charge in [0.1, 0.15) is 12.4 Å². The zero-order chi connectivity index (χ0) is 19.4. The van der Waals surface area contributed by atoms with Gasteiger partial charge in [0, 0.05) is 25.6 Å². The molecule has 27 heavy (non-hydrogen) atoms. The molecule has 0 saturated carbocycles. The molecule has 2 amide bonds. The molecule has 3 rings (SSSR count). The number of hydrogen-bond acceptors (Lipinski definition) is 3. The van der Waals surface area contributed by atoms with Crippen LogP contribution in [0.1, 0.15) is 23.9 Å². The van der Waals surface area contributed by atoms with Crippen molar-refractivity contribution in [2.45, 2.75) is 33.7 Å². The predicted molar refractivity (Wildman–Crippen MR) is 107 cm³/mol. The van der Waals surface area contributed by atoms with E-state index in [1.165, 1.54) is 6.92 Å². The van der Waals surface area contributed by atoms with Gasteiger partial charge in [-0.25, -0.2) is 4.98 Å². The van der Waals surface area contributed by atoms with Crippen LogP contribution in [0.25, 0.3) is 11.0 Å². The van der Waals surface area contributed by atoms with Crippen molar-refractivity contribution in [2.75, 3.05) is 11.9 Å². The van der Waals surface area contributed by atoms with Crippen molar-refractivity contribution in [2.24, 2.45) is 0 Å². The summed E-state index contributed by atoms with van der Waals surface area (Å²) >= 11 is 0. The molecular weight excluding hydrogens is 340 g/mol. The number of amides is 2. The predicted octanol–water partition coefficient (Wildman–Crippen LogP) is 2.97. The van der Waals surface area contributed by atoms with Gasteiger partial charge in [0.05, 0.1) is 11.0 Å². The maximum atomic E-state index is 12.7. The third-order valence-corrected chi connectivity index (χ3v) is 4.26. The Bertz CT molecular complexity index is 971. The number of imidazole rings is 1. The number of hydrogen-bond donors (Lipinski definition) is 2. The van der Waals surface area contributed by atoms with Crippen molar-refractivity contribution in [3.8, 4) is 0 Å². The first-order valence-electron chi connectivity index (χ1n) is 8.99. The maximum Gasteiger partial charge on any atom is 0.244 e. The van der Waals surface area contributed by atoms with Crippen molar-refractivity contribution in [1.82, 2.24) is 14.9 Å². The minimum absolute atomic E-state index is 0.0785. The van der Waals surface area contributed by atoms with Gasteiger partial charge >= 0.3 is 0 Å². The molecule has 0 spiro atoms. The standard InChI is InChI=1S/C21H24N4O2/c1-14-10-15(2)12-17(11-14)23-21(27)13-25-19-7-5-4-6-18(19)24-20(25)8-9-22-16(3)26/h4-7,10-12H,8-9,13H2,1-3H3,(H,22,26)(H,23,27). The molecule has 140 valence electrons. The quantitative estimate of drug-likeness (QED) is 0.706. The highest BCUT2D eigenvalue weighted by atomic mass is 16.2. The van der Waals surface area contributed by atoms with E-state index in [2.05, 4.69) is 21.7 Å². The Morgan fingerprint density at radius 1 is 1.07 bits per heavy atom. The van der Waals surface area contributed by atoms with Crippen LogP contribution in [0.4, 0.5) is 5.69 Å². The van der Waals surface area contributed by atoms with Crippen LogP contribution in [0, 0.1) is 13.8 Å². The molecule has 0 radical (unpaired) electrons. The van der Waals surface area contributed by atoms with E-state index in [1.54, 1.807) is 0 Å². The Labute approximate surface area is 158 Å². The molecule has 0 atom stereocenters. The summed E-state index contributed by atoms with van der Waals surface area (Å²) in [4.78, 5) is 28.4. The number of nitrogens with one attached hydrogen (secondary N) is 2. The number of aryl methyl sites for hydroxylation is 2. The van der Waals surface area contributed by atoms with Crippen LogP contribution in [0.5, 0.6) is 0 Å². The molecule has 2 N–H and O–H groups in total. The SMILES string of the molecule is CC(=O)NCCc1nc2ccccc2n1CC(=O)Nc1cc(C)cc(C)c1. The van der Waals surface area contributed by atoms with Crippen LogP contribution < -0.4 is 10.6 Å². The summed E-state index contributed by atoms with van der Waals surface area (Å²) in [6.45, 7) is 6.15. The van der Waals surface area contributed by atoms with E-state index in [1.807, 2.05) is 54.8 Å². The molecule has 0 bridgehead atoms. The van der Waals surface area contributed by atoms with Crippen LogP contribution in [0.2, 0.25) is 0 Å². The van der Waals surface area contributed by atoms with Crippen molar-refractivity contribution in [3.63, 3.8) is 0 Å². The molecule has 0 aliphatic carbocycles. The summed E-state index contributed by atoms with van der Waals surface area (Å²) in [6, 6.07) is 13.7. The first-order valence-corrected chi connectivity index (χ1v) is 8.99. The van der Waals surface area contributed by atoms with Crippen molar-refractivity contribution in [1.29, 1.82) is 0 Å². The van der Waals surface area contributed by atoms with Crippen molar-refractivity contribution < 1.29 is 9.59 Å². The monoisotopic (exact) mass is 364 g/mol. The highest BCUT2D eigenvalue weighted by Crippen LogP contribution is 2.18. The van der Waals surface area contributed by atoms with Gasteiger partial charge in [0.2, 0.25) is 11.8 Å². The molecule has 1 heterocycles. The van der Waals surface area contributed by atoms with Crippen LogP contribution in [-0.4, -0.2) is 27.9 Å². The van der Waals surface area contributed by atoms with E-state index in [-0.39, 0.29) is 18.4 Å². The minimum atomic E-state index is -0.107. The second-order valence-corrected chi connectivity index (χ2v) is 6.76. The molecular formula is C21H24N4O2. The summed E-state index contributed by atoms with van der Waals surface area (Å²) in [6.07, 6.45) is 0.561. The average molecular weight is 364 g/mol. The number of carbonyl (C=O) groups is 2. The Morgan fingerprint density at radius 3 is 2.48 bits per heavy atom. The second kappa shape index (κ2) is 8.03. The van der Waals surface area contributed by atoms with E-state index in [0.717, 1.165) is 33.7 Å². The molecule has 2 aromatic carbocycles. The third-order valence-electron chi connectivity index (χ3n) is 4.26. The van der Waals surface area contributed by atoms with Crippen molar-refractivity contribution >= 4 is 28.5 Å². The number of benzene rings is 2. The molecule has 6 heteroatoms. The van der Waals surface area contributed by atoms with Gasteiger partial charge in [0.25, 0.3) is 0 Å². The smallest absolute Gasteiger partial charge is 0.244 e. The summed E-state index contributed by atoms with van der Waals surface area (Å²) in [5, 5.41) is 5.75. The topological polar surface area (TPSA) is 76.0 Å². The van der Waals surface area contributed by atoms with Crippen LogP contribution in [0.15, 0.2) is 42.5 Å². The largest absolute Gasteiger partial charge is 0.356 e. The lowest BCUT2D eigenvalue weighted by Crippen LogP contribution is -2.25. The summed E-state index contributed by atoms with van der Waals surface area (Å²) in [5.74, 6) is 0.592. The number of rotatable bonds is 6. The van der Waals surface area contributed by atoms with E-state index >= 15 is 0 Å². The second-order valence-electron chi connectivity index (χ2n) is 6.76. The molecule has 0 aliphatic heterocycles. The number of nitrogens with zero attached hydrogens (tertiary/aromatic N) is 2. The zero-order valence-corrected chi connectivity index (χ0v) is 15.9. The summed E-state index contributed by atoms with van der Waals surface area (Å²) < 4.78 is 1.91. The van der Waals surface area contributed by atoms with E-state index in [4.69, 9.17) is 0 Å². The number of para-hydroxylation sites is 2. The number of anilines is 1. The number of carbonyl (C=O) groups excluding carboxylic acids is 2. The van der Waals surface area contributed by atoms with Gasteiger partial charge < -0.3 is 15.2 Å². The Morgan fingerprint density at radius 2 is 1.78 bits per heavy atom. The van der Waals surface area contributed by atoms with Gasteiger partial charge in [-0.1, -0.05) is 18.2 Å². The summed E-state index contributed by atoms with van der Waals surface area (Å²) in [7, 11) is 0. The highest BCUT2D eigenvalue weighted by molar-refractivity contribution is 5.92. The van der Waals surface area contributed by atoms with Crippen LogP contribution in [-0.2, 0) is 22.6 Å². The fourth-order valence-corrected chi connectivity index (χ4v) is 3.23. The molecule has 0 unspecified atom stereocenters. The normalized spacial score (nSPS) is 10.8. The lowest BCUT2D eigenvalue weighted by molar-refractivity contribution is -0.119. The molecule has 3 aromatic rings. The molecule has 0 saturated heterocycles. The van der Waals surface area contributed by atoms with Crippen molar-refractivity contribution in [3.05, 3.63) is 59.4 Å². The van der Waals surface area contributed by atoms with Crippen LogP contribution >= 0.6 is 0 Å². The van der Waals surface area contributed by atoms with Gasteiger partial charge in [-0.2, -0.15) is 0 Å². The maximum absolute atomic E-state index is 12.7. The van der Waals surface area contributed by atoms with Gasteiger partial charge in [-0.05, 0) is 49.2 Å². The zero-order valence-electron chi connectivity index (χ0n) is 15.9. The third kappa shape index (κ3) is 4.73. The molecule has 1 aromatic heterocycles. The van der Waals surface area contributed by atoms with E-state index in [0.29, 0.717) is 13.0 Å². The summed E-state index contributed by atoms with van der Waals surface area (Å²) in [5.41, 5.74) is 4.76. The lowest BCUT2D eigenvalue weighted by atomic mass is 10.1. The minimum Gasteiger partial charge on any atom is -0.356 e. The van der Waals surface area contributed by atoms with E-state index < -0.39 is 0 Å². The van der Waals surface area contributed by atoms with Crippen LogP contribution in [0.3, 0.4) is 0 Å². The fraction of sp³-hybridized carbons (Fsp3) is 0.286.